The summed E-state index contributed by atoms with van der Waals surface area (Å²) in [5.41, 5.74) is 1.02. The molecule has 0 aliphatic carbocycles. The summed E-state index contributed by atoms with van der Waals surface area (Å²) in [4.78, 5) is 0. The van der Waals surface area contributed by atoms with E-state index in [1.54, 1.807) is 0 Å². The third kappa shape index (κ3) is 9.92. The SMILES string of the molecule is CCCCCCCCCC[NH2+][O-]. The van der Waals surface area contributed by atoms with Gasteiger partial charge in [-0.1, -0.05) is 45.4 Å². The fourth-order valence-corrected chi connectivity index (χ4v) is 1.36. The molecule has 12 heavy (non-hydrogen) atoms. The minimum absolute atomic E-state index is 0.759. The van der Waals surface area contributed by atoms with Crippen molar-refractivity contribution in [1.29, 1.82) is 0 Å². The summed E-state index contributed by atoms with van der Waals surface area (Å²) in [5.74, 6) is 0. The van der Waals surface area contributed by atoms with Crippen molar-refractivity contribution < 1.29 is 5.48 Å². The van der Waals surface area contributed by atoms with Gasteiger partial charge in [0.1, 0.15) is 0 Å². The van der Waals surface area contributed by atoms with Crippen LogP contribution in [-0.4, -0.2) is 6.54 Å². The van der Waals surface area contributed by atoms with E-state index in [4.69, 9.17) is 0 Å². The lowest BCUT2D eigenvalue weighted by atomic mass is 10.1. The van der Waals surface area contributed by atoms with Crippen molar-refractivity contribution in [2.24, 2.45) is 0 Å². The lowest BCUT2D eigenvalue weighted by Crippen LogP contribution is -2.77. The number of nitrogens with two attached hydrogens (primary N) is 1. The molecule has 2 heteroatoms. The number of quaternary nitrogens is 1. The zero-order valence-corrected chi connectivity index (χ0v) is 8.35. The number of unbranched alkanes of at least 4 members (excludes halogenated alkanes) is 7. The van der Waals surface area contributed by atoms with Crippen LogP contribution < -0.4 is 5.48 Å². The monoisotopic (exact) mass is 173 g/mol. The molecule has 0 aliphatic heterocycles. The van der Waals surface area contributed by atoms with Crippen LogP contribution in [0.25, 0.3) is 0 Å². The van der Waals surface area contributed by atoms with E-state index in [9.17, 15) is 5.21 Å². The summed E-state index contributed by atoms with van der Waals surface area (Å²) >= 11 is 0. The van der Waals surface area contributed by atoms with Crippen LogP contribution in [0.15, 0.2) is 0 Å². The van der Waals surface area contributed by atoms with Crippen LogP contribution in [0.1, 0.15) is 58.3 Å². The highest BCUT2D eigenvalue weighted by Gasteiger charge is 1.90. The van der Waals surface area contributed by atoms with Gasteiger partial charge in [0.15, 0.2) is 0 Å². The largest absolute Gasteiger partial charge is 0.636 e. The fourth-order valence-electron chi connectivity index (χ4n) is 1.36. The first-order valence-corrected chi connectivity index (χ1v) is 5.35. The Bertz CT molecular complexity index is 66.2. The van der Waals surface area contributed by atoms with E-state index in [1.165, 1.54) is 44.9 Å². The van der Waals surface area contributed by atoms with Crippen LogP contribution in [0.5, 0.6) is 0 Å². The first-order valence-electron chi connectivity index (χ1n) is 5.35. The minimum Gasteiger partial charge on any atom is -0.636 e. The molecule has 0 aromatic carbocycles. The van der Waals surface area contributed by atoms with E-state index >= 15 is 0 Å². The molecule has 0 atom stereocenters. The Hall–Kier alpha value is -0.0800. The predicted octanol–water partition coefficient (Wildman–Crippen LogP) is 2.19. The zero-order valence-electron chi connectivity index (χ0n) is 8.35. The number of hydrogen-bond donors (Lipinski definition) is 1. The van der Waals surface area contributed by atoms with E-state index in [0.717, 1.165) is 18.4 Å². The molecular formula is C10H23NO. The zero-order chi connectivity index (χ0) is 9.07. The molecule has 0 rings (SSSR count). The molecule has 2 nitrogen and oxygen atoms in total. The summed E-state index contributed by atoms with van der Waals surface area (Å²) in [5, 5.41) is 9.98. The molecule has 0 aromatic heterocycles. The molecule has 0 unspecified atom stereocenters. The smallest absolute Gasteiger partial charge is 0.0752 e. The number of rotatable bonds is 9. The van der Waals surface area contributed by atoms with Gasteiger partial charge in [-0.25, -0.2) is 0 Å². The molecule has 0 radical (unpaired) electrons. The molecule has 0 amide bonds. The molecule has 0 aliphatic rings. The van der Waals surface area contributed by atoms with E-state index in [2.05, 4.69) is 6.92 Å². The second kappa shape index (κ2) is 10.9. The molecule has 0 spiro atoms. The van der Waals surface area contributed by atoms with Gasteiger partial charge in [-0.2, -0.15) is 0 Å². The van der Waals surface area contributed by atoms with Crippen molar-refractivity contribution in [2.45, 2.75) is 58.3 Å². The van der Waals surface area contributed by atoms with Gasteiger partial charge in [0.2, 0.25) is 0 Å². The van der Waals surface area contributed by atoms with Gasteiger partial charge < -0.3 is 10.7 Å². The molecule has 2 N–H and O–H groups in total. The van der Waals surface area contributed by atoms with Gasteiger partial charge in [0.05, 0.1) is 6.54 Å². The summed E-state index contributed by atoms with van der Waals surface area (Å²) in [7, 11) is 0. The Kier molecular flexibility index (Phi) is 10.8. The van der Waals surface area contributed by atoms with Gasteiger partial charge in [-0.3, -0.25) is 0 Å². The lowest BCUT2D eigenvalue weighted by Gasteiger charge is -2.02. The maximum absolute atomic E-state index is 9.98. The normalized spacial score (nSPS) is 10.5. The van der Waals surface area contributed by atoms with Crippen LogP contribution in [-0.2, 0) is 0 Å². The third-order valence-electron chi connectivity index (χ3n) is 2.18. The van der Waals surface area contributed by atoms with Crippen LogP contribution in [0, 0.1) is 5.21 Å². The highest BCUT2D eigenvalue weighted by atomic mass is 16.5. The van der Waals surface area contributed by atoms with Gasteiger partial charge in [0.25, 0.3) is 0 Å². The first-order chi connectivity index (χ1) is 5.91. The Labute approximate surface area is 76.3 Å². The van der Waals surface area contributed by atoms with Crippen LogP contribution in [0.2, 0.25) is 0 Å². The summed E-state index contributed by atoms with van der Waals surface area (Å²) in [6.45, 7) is 3.00. The molecule has 0 heterocycles. The number of hydroxylamine groups is 1. The van der Waals surface area contributed by atoms with Crippen LogP contribution in [0.4, 0.5) is 0 Å². The van der Waals surface area contributed by atoms with Crippen LogP contribution in [0.3, 0.4) is 0 Å². The van der Waals surface area contributed by atoms with E-state index < -0.39 is 0 Å². The van der Waals surface area contributed by atoms with Crippen molar-refractivity contribution in [1.82, 2.24) is 0 Å². The standard InChI is InChI=1S/C10H23NO/c1-2-3-4-5-6-7-8-9-10-11-12/h2-11H2,1H3. The average molecular weight is 173 g/mol. The van der Waals surface area contributed by atoms with Gasteiger partial charge >= 0.3 is 0 Å². The minimum atomic E-state index is 0.759. The maximum atomic E-state index is 9.98. The van der Waals surface area contributed by atoms with E-state index in [0.29, 0.717) is 0 Å². The number of hydrogen-bond acceptors (Lipinski definition) is 1. The van der Waals surface area contributed by atoms with Crippen molar-refractivity contribution in [3.05, 3.63) is 5.21 Å². The summed E-state index contributed by atoms with van der Waals surface area (Å²) in [6.07, 6.45) is 10.5. The third-order valence-corrected chi connectivity index (χ3v) is 2.18. The van der Waals surface area contributed by atoms with Crippen molar-refractivity contribution in [2.75, 3.05) is 6.54 Å². The second-order valence-corrected chi connectivity index (χ2v) is 3.43. The fraction of sp³-hybridized carbons (Fsp3) is 1.00. The van der Waals surface area contributed by atoms with Gasteiger partial charge in [0, 0.05) is 0 Å². The topological polar surface area (TPSA) is 39.7 Å². The Morgan fingerprint density at radius 1 is 0.833 bits per heavy atom. The van der Waals surface area contributed by atoms with Crippen molar-refractivity contribution in [3.8, 4) is 0 Å². The molecular weight excluding hydrogens is 150 g/mol. The summed E-state index contributed by atoms with van der Waals surface area (Å²) < 4.78 is 0. The molecule has 0 aromatic rings. The van der Waals surface area contributed by atoms with Crippen LogP contribution >= 0.6 is 0 Å². The van der Waals surface area contributed by atoms with Gasteiger partial charge in [-0.15, -0.1) is 0 Å². The quantitative estimate of drug-likeness (QED) is 0.421. The maximum Gasteiger partial charge on any atom is 0.0752 e. The summed E-state index contributed by atoms with van der Waals surface area (Å²) in [6, 6.07) is 0. The van der Waals surface area contributed by atoms with Crippen molar-refractivity contribution >= 4 is 0 Å². The Balaban J connectivity index is 2.73. The molecule has 0 saturated carbocycles. The second-order valence-electron chi connectivity index (χ2n) is 3.43. The predicted molar refractivity (Wildman–Crippen MR) is 52.8 cm³/mol. The van der Waals surface area contributed by atoms with E-state index in [1.807, 2.05) is 0 Å². The average Bonchev–Trinajstić information content (AvgIpc) is 2.10. The molecule has 0 fully saturated rings. The van der Waals surface area contributed by atoms with Gasteiger partial charge in [-0.05, 0) is 12.8 Å². The molecule has 74 valence electrons. The Morgan fingerprint density at radius 2 is 1.33 bits per heavy atom. The van der Waals surface area contributed by atoms with Crippen molar-refractivity contribution in [3.63, 3.8) is 0 Å². The highest BCUT2D eigenvalue weighted by Crippen LogP contribution is 2.07. The lowest BCUT2D eigenvalue weighted by molar-refractivity contribution is -0.589. The molecule has 0 saturated heterocycles. The molecule has 0 bridgehead atoms. The highest BCUT2D eigenvalue weighted by molar-refractivity contribution is 4.44. The first kappa shape index (κ1) is 11.9. The van der Waals surface area contributed by atoms with E-state index in [-0.39, 0.29) is 0 Å². The Morgan fingerprint density at radius 3 is 1.83 bits per heavy atom.